The van der Waals surface area contributed by atoms with Crippen LogP contribution in [0.5, 0.6) is 11.6 Å². The molecular weight excluding hydrogens is 424 g/mol. The fourth-order valence-corrected chi connectivity index (χ4v) is 3.96. The van der Waals surface area contributed by atoms with Gasteiger partial charge in [0.25, 0.3) is 0 Å². The number of hydrogen-bond acceptors (Lipinski definition) is 6. The number of hydrogen-bond donors (Lipinski definition) is 1. The van der Waals surface area contributed by atoms with Crippen LogP contribution in [0.3, 0.4) is 0 Å². The molecule has 5 rings (SSSR count). The van der Waals surface area contributed by atoms with Gasteiger partial charge in [0.05, 0.1) is 17.1 Å². The lowest BCUT2D eigenvalue weighted by molar-refractivity contribution is 0.459. The number of nitrogens with zero attached hydrogens (tertiary/aromatic N) is 5. The molecule has 0 bridgehead atoms. The molecule has 0 unspecified atom stereocenters. The van der Waals surface area contributed by atoms with Gasteiger partial charge in [-0.25, -0.2) is 4.98 Å². The van der Waals surface area contributed by atoms with E-state index in [2.05, 4.69) is 33.5 Å². The van der Waals surface area contributed by atoms with E-state index in [9.17, 15) is 0 Å². The van der Waals surface area contributed by atoms with Crippen molar-refractivity contribution in [2.75, 3.05) is 5.32 Å². The van der Waals surface area contributed by atoms with E-state index in [-0.39, 0.29) is 0 Å². The minimum Gasteiger partial charge on any atom is -0.436 e. The fraction of sp³-hybridized carbons (Fsp3) is 0.111. The zero-order chi connectivity index (χ0) is 23.7. The molecular formula is C27H22N6O. The van der Waals surface area contributed by atoms with Gasteiger partial charge in [-0.1, -0.05) is 0 Å². The highest BCUT2D eigenvalue weighted by molar-refractivity contribution is 5.83. The van der Waals surface area contributed by atoms with Crippen molar-refractivity contribution in [3.8, 4) is 28.8 Å². The highest BCUT2D eigenvalue weighted by Gasteiger charge is 2.16. The normalized spacial score (nSPS) is 10.8. The minimum atomic E-state index is 0.419. The van der Waals surface area contributed by atoms with E-state index in [0.717, 1.165) is 44.7 Å². The third-order valence-electron chi connectivity index (χ3n) is 5.63. The van der Waals surface area contributed by atoms with Gasteiger partial charge < -0.3 is 14.6 Å². The molecule has 7 heteroatoms. The van der Waals surface area contributed by atoms with E-state index in [4.69, 9.17) is 15.0 Å². The van der Waals surface area contributed by atoms with Crippen molar-refractivity contribution < 1.29 is 4.74 Å². The van der Waals surface area contributed by atoms with Crippen molar-refractivity contribution in [3.63, 3.8) is 0 Å². The van der Waals surface area contributed by atoms with Gasteiger partial charge in [-0.15, -0.1) is 0 Å². The van der Waals surface area contributed by atoms with Crippen LogP contribution >= 0.6 is 0 Å². The van der Waals surface area contributed by atoms with Crippen molar-refractivity contribution in [3.05, 3.63) is 89.9 Å². The molecule has 3 heterocycles. The Morgan fingerprint density at radius 2 is 1.62 bits per heavy atom. The van der Waals surface area contributed by atoms with E-state index in [0.29, 0.717) is 17.4 Å². The summed E-state index contributed by atoms with van der Waals surface area (Å²) in [5.41, 5.74) is 7.19. The molecule has 0 amide bonds. The molecule has 0 saturated heterocycles. The molecule has 0 atom stereocenters. The number of pyridine rings is 1. The van der Waals surface area contributed by atoms with E-state index in [1.807, 2.05) is 62.0 Å². The number of aryl methyl sites for hydroxylation is 3. The molecule has 2 aromatic carbocycles. The second-order valence-corrected chi connectivity index (χ2v) is 8.10. The van der Waals surface area contributed by atoms with E-state index in [1.165, 1.54) is 0 Å². The summed E-state index contributed by atoms with van der Waals surface area (Å²) in [6, 6.07) is 19.4. The first-order valence-electron chi connectivity index (χ1n) is 10.8. The third-order valence-corrected chi connectivity index (χ3v) is 5.63. The number of fused-ring (bicyclic) bond motifs is 1. The number of nitriles is 1. The van der Waals surface area contributed by atoms with Crippen LogP contribution in [0.2, 0.25) is 0 Å². The van der Waals surface area contributed by atoms with Crippen LogP contribution in [0.15, 0.2) is 73.2 Å². The van der Waals surface area contributed by atoms with Crippen LogP contribution in [0.1, 0.15) is 16.7 Å². The SMILES string of the molecule is Cc1cc(-c2ccncc2)cc(C)c1Oc1nc(Nc2ccc(C#N)cc2)nc2ccn(C)c12. The maximum Gasteiger partial charge on any atom is 0.249 e. The van der Waals surface area contributed by atoms with Gasteiger partial charge in [-0.3, -0.25) is 4.98 Å². The third kappa shape index (κ3) is 4.05. The predicted molar refractivity (Wildman–Crippen MR) is 132 cm³/mol. The van der Waals surface area contributed by atoms with Crippen LogP contribution in [-0.2, 0) is 7.05 Å². The topological polar surface area (TPSA) is 88.7 Å². The van der Waals surface area contributed by atoms with Crippen molar-refractivity contribution in [2.24, 2.45) is 7.05 Å². The van der Waals surface area contributed by atoms with Crippen molar-refractivity contribution in [2.45, 2.75) is 13.8 Å². The van der Waals surface area contributed by atoms with Gasteiger partial charge in [0.2, 0.25) is 11.8 Å². The monoisotopic (exact) mass is 446 g/mol. The quantitative estimate of drug-likeness (QED) is 0.353. The first-order chi connectivity index (χ1) is 16.5. The lowest BCUT2D eigenvalue weighted by Crippen LogP contribution is -2.02. The molecule has 0 radical (unpaired) electrons. The maximum atomic E-state index is 9.03. The average Bonchev–Trinajstić information content (AvgIpc) is 3.23. The number of benzene rings is 2. The largest absolute Gasteiger partial charge is 0.436 e. The summed E-state index contributed by atoms with van der Waals surface area (Å²) in [7, 11) is 1.94. The van der Waals surface area contributed by atoms with Crippen LogP contribution in [-0.4, -0.2) is 19.5 Å². The summed E-state index contributed by atoms with van der Waals surface area (Å²) >= 11 is 0. The number of aromatic nitrogens is 4. The standard InChI is InChI=1S/C27H22N6O/c1-17-14-21(20-8-11-29-12-9-20)15-18(2)25(17)34-26-24-23(10-13-33(24)3)31-27(32-26)30-22-6-4-19(16-28)5-7-22/h4-15H,1-3H3,(H,30,31,32). The second kappa shape index (κ2) is 8.68. The van der Waals surface area contributed by atoms with Crippen LogP contribution in [0, 0.1) is 25.2 Å². The second-order valence-electron chi connectivity index (χ2n) is 8.10. The number of anilines is 2. The number of nitrogens with one attached hydrogen (secondary N) is 1. The lowest BCUT2D eigenvalue weighted by Gasteiger charge is -2.15. The molecule has 1 N–H and O–H groups in total. The Kier molecular flexibility index (Phi) is 5.40. The van der Waals surface area contributed by atoms with Crippen molar-refractivity contribution in [1.82, 2.24) is 19.5 Å². The summed E-state index contributed by atoms with van der Waals surface area (Å²) in [5, 5.41) is 12.2. The summed E-state index contributed by atoms with van der Waals surface area (Å²) in [5.74, 6) is 1.65. The van der Waals surface area contributed by atoms with Gasteiger partial charge >= 0.3 is 0 Å². The van der Waals surface area contributed by atoms with Crippen LogP contribution < -0.4 is 10.1 Å². The average molecular weight is 447 g/mol. The minimum absolute atomic E-state index is 0.419. The van der Waals surface area contributed by atoms with Crippen molar-refractivity contribution >= 4 is 22.7 Å². The number of ether oxygens (including phenoxy) is 1. The predicted octanol–water partition coefficient (Wildman–Crippen LogP) is 6.05. The Morgan fingerprint density at radius 1 is 0.912 bits per heavy atom. The molecule has 0 aliphatic heterocycles. The van der Waals surface area contributed by atoms with Crippen LogP contribution in [0.25, 0.3) is 22.2 Å². The van der Waals surface area contributed by atoms with Gasteiger partial charge in [-0.05, 0) is 90.7 Å². The molecule has 7 nitrogen and oxygen atoms in total. The highest BCUT2D eigenvalue weighted by atomic mass is 16.5. The Hall–Kier alpha value is -4.70. The highest BCUT2D eigenvalue weighted by Crippen LogP contribution is 2.35. The van der Waals surface area contributed by atoms with Crippen molar-refractivity contribution in [1.29, 1.82) is 5.26 Å². The molecule has 0 fully saturated rings. The molecule has 0 spiro atoms. The Morgan fingerprint density at radius 3 is 2.29 bits per heavy atom. The lowest BCUT2D eigenvalue weighted by atomic mass is 10.0. The van der Waals surface area contributed by atoms with E-state index < -0.39 is 0 Å². The fourth-order valence-electron chi connectivity index (χ4n) is 3.96. The summed E-state index contributed by atoms with van der Waals surface area (Å²) < 4.78 is 8.38. The zero-order valence-electron chi connectivity index (χ0n) is 19.1. The van der Waals surface area contributed by atoms with E-state index >= 15 is 0 Å². The summed E-state index contributed by atoms with van der Waals surface area (Å²) in [6.45, 7) is 4.07. The first kappa shape index (κ1) is 21.2. The summed E-state index contributed by atoms with van der Waals surface area (Å²) in [4.78, 5) is 13.4. The molecule has 3 aromatic heterocycles. The number of rotatable bonds is 5. The summed E-state index contributed by atoms with van der Waals surface area (Å²) in [6.07, 6.45) is 5.52. The molecule has 0 saturated carbocycles. The van der Waals surface area contributed by atoms with Gasteiger partial charge in [-0.2, -0.15) is 10.2 Å². The maximum absolute atomic E-state index is 9.03. The zero-order valence-corrected chi connectivity index (χ0v) is 19.1. The molecule has 0 aliphatic rings. The Labute approximate surface area is 197 Å². The first-order valence-corrected chi connectivity index (χ1v) is 10.8. The molecule has 0 aliphatic carbocycles. The van der Waals surface area contributed by atoms with Gasteiger partial charge in [0.15, 0.2) is 0 Å². The molecule has 5 aromatic rings. The molecule has 34 heavy (non-hydrogen) atoms. The Bertz CT molecular complexity index is 1510. The molecule has 166 valence electrons. The Balaban J connectivity index is 1.53. The van der Waals surface area contributed by atoms with E-state index in [1.54, 1.807) is 24.5 Å². The smallest absolute Gasteiger partial charge is 0.249 e. The van der Waals surface area contributed by atoms with Crippen LogP contribution in [0.4, 0.5) is 11.6 Å². The van der Waals surface area contributed by atoms with Gasteiger partial charge in [0, 0.05) is 31.3 Å². The van der Waals surface area contributed by atoms with Gasteiger partial charge in [0.1, 0.15) is 11.3 Å².